The maximum Gasteiger partial charge on any atom is 0.338 e. The molecule has 0 fully saturated rings. The molecule has 10 nitrogen and oxygen atoms in total. The van der Waals surface area contributed by atoms with E-state index in [-0.39, 0.29) is 46.1 Å². The van der Waals surface area contributed by atoms with Crippen LogP contribution in [0.2, 0.25) is 0 Å². The Morgan fingerprint density at radius 1 is 1.25 bits per heavy atom. The zero-order valence-electron chi connectivity index (χ0n) is 19.8. The van der Waals surface area contributed by atoms with Crippen molar-refractivity contribution in [2.24, 2.45) is 4.99 Å². The molecule has 3 aromatic rings. The highest BCUT2D eigenvalue weighted by Gasteiger charge is 2.33. The summed E-state index contributed by atoms with van der Waals surface area (Å²) in [5, 5.41) is 22.1. The standard InChI is InChI=1S/C25H23N3O7S/c1-4-34-18-13-17(28(32)33)11-16(22(18)29)12-19-23(30)27-21(15-9-7-6-8-10-15)20(24(31)35-5-2)14(3)26-25(27)36-19/h6-13,21,29H,4-5H2,1-3H3/b19-12-/t21-/m0/s1. The van der Waals surface area contributed by atoms with Gasteiger partial charge in [0, 0.05) is 11.6 Å². The van der Waals surface area contributed by atoms with Crippen LogP contribution >= 0.6 is 11.3 Å². The highest BCUT2D eigenvalue weighted by Crippen LogP contribution is 2.35. The number of aromatic nitrogens is 1. The number of carbonyl (C=O) groups excluding carboxylic acids is 1. The number of non-ortho nitro benzene ring substituents is 1. The number of ether oxygens (including phenoxy) is 2. The number of benzene rings is 2. The Morgan fingerprint density at radius 3 is 2.61 bits per heavy atom. The molecule has 0 amide bonds. The van der Waals surface area contributed by atoms with E-state index >= 15 is 0 Å². The fraction of sp³-hybridized carbons (Fsp3) is 0.240. The molecule has 0 unspecified atom stereocenters. The molecule has 0 aliphatic carbocycles. The van der Waals surface area contributed by atoms with E-state index in [1.54, 1.807) is 45.0 Å². The van der Waals surface area contributed by atoms with Crippen LogP contribution in [0.25, 0.3) is 6.08 Å². The van der Waals surface area contributed by atoms with Gasteiger partial charge in [0.25, 0.3) is 11.2 Å². The van der Waals surface area contributed by atoms with Crippen LogP contribution in [0.3, 0.4) is 0 Å². The summed E-state index contributed by atoms with van der Waals surface area (Å²) in [6.45, 7) is 5.41. The molecule has 1 atom stereocenters. The van der Waals surface area contributed by atoms with Crippen LogP contribution in [0.1, 0.15) is 37.9 Å². The third-order valence-electron chi connectivity index (χ3n) is 5.52. The predicted molar refractivity (Wildman–Crippen MR) is 133 cm³/mol. The number of carbonyl (C=O) groups is 1. The van der Waals surface area contributed by atoms with Gasteiger partial charge in [-0.2, -0.15) is 0 Å². The number of aromatic hydroxyl groups is 1. The summed E-state index contributed by atoms with van der Waals surface area (Å²) in [6, 6.07) is 10.6. The monoisotopic (exact) mass is 509 g/mol. The van der Waals surface area contributed by atoms with Crippen LogP contribution in [0, 0.1) is 10.1 Å². The lowest BCUT2D eigenvalue weighted by molar-refractivity contribution is -0.385. The van der Waals surface area contributed by atoms with Gasteiger partial charge in [-0.3, -0.25) is 19.5 Å². The number of allylic oxidation sites excluding steroid dienone is 1. The van der Waals surface area contributed by atoms with Crippen molar-refractivity contribution in [1.29, 1.82) is 0 Å². The molecule has 0 bridgehead atoms. The van der Waals surface area contributed by atoms with Crippen molar-refractivity contribution in [2.75, 3.05) is 13.2 Å². The molecule has 1 aliphatic rings. The molecule has 2 aromatic carbocycles. The third-order valence-corrected chi connectivity index (χ3v) is 6.50. The van der Waals surface area contributed by atoms with E-state index in [1.807, 2.05) is 6.07 Å². The van der Waals surface area contributed by atoms with E-state index in [1.165, 1.54) is 16.7 Å². The lowest BCUT2D eigenvalue weighted by atomic mass is 9.96. The Hall–Kier alpha value is -4.25. The molecule has 2 heterocycles. The van der Waals surface area contributed by atoms with Gasteiger partial charge in [0.05, 0.1) is 46.0 Å². The zero-order chi connectivity index (χ0) is 26.0. The second kappa shape index (κ2) is 10.2. The Morgan fingerprint density at radius 2 is 1.97 bits per heavy atom. The third kappa shape index (κ3) is 4.52. The number of nitro benzene ring substituents is 1. The fourth-order valence-electron chi connectivity index (χ4n) is 3.98. The second-order valence-electron chi connectivity index (χ2n) is 7.78. The molecule has 0 saturated heterocycles. The SMILES string of the molecule is CCOC(=O)C1=C(C)N=c2s/c(=C\c3cc([N+](=O)[O-])cc(OCC)c3O)c(=O)n2[C@H]1c1ccccc1. The van der Waals surface area contributed by atoms with Gasteiger partial charge in [-0.1, -0.05) is 41.7 Å². The first kappa shape index (κ1) is 24.9. The van der Waals surface area contributed by atoms with Crippen LogP contribution in [0.5, 0.6) is 11.5 Å². The van der Waals surface area contributed by atoms with Gasteiger partial charge < -0.3 is 14.6 Å². The van der Waals surface area contributed by atoms with Crippen LogP contribution in [-0.2, 0) is 9.53 Å². The quantitative estimate of drug-likeness (QED) is 0.294. The van der Waals surface area contributed by atoms with Gasteiger partial charge in [-0.25, -0.2) is 9.79 Å². The van der Waals surface area contributed by atoms with Crippen LogP contribution in [-0.4, -0.2) is 33.8 Å². The number of rotatable bonds is 7. The van der Waals surface area contributed by atoms with Gasteiger partial charge in [-0.15, -0.1) is 0 Å². The molecule has 0 radical (unpaired) electrons. The zero-order valence-corrected chi connectivity index (χ0v) is 20.6. The van der Waals surface area contributed by atoms with Gasteiger partial charge in [0.15, 0.2) is 16.3 Å². The van der Waals surface area contributed by atoms with Crippen molar-refractivity contribution in [3.8, 4) is 11.5 Å². The second-order valence-corrected chi connectivity index (χ2v) is 8.79. The summed E-state index contributed by atoms with van der Waals surface area (Å²) >= 11 is 1.05. The Bertz CT molecular complexity index is 1550. The number of hydrogen-bond donors (Lipinski definition) is 1. The number of thiazole rings is 1. The Kier molecular flexibility index (Phi) is 7.02. The summed E-state index contributed by atoms with van der Waals surface area (Å²) in [6.07, 6.45) is 1.36. The summed E-state index contributed by atoms with van der Waals surface area (Å²) in [7, 11) is 0. The number of phenols is 1. The lowest BCUT2D eigenvalue weighted by Crippen LogP contribution is -2.39. The smallest absolute Gasteiger partial charge is 0.338 e. The van der Waals surface area contributed by atoms with E-state index in [2.05, 4.69) is 4.99 Å². The van der Waals surface area contributed by atoms with Gasteiger partial charge >= 0.3 is 5.97 Å². The molecule has 186 valence electrons. The molecular weight excluding hydrogens is 486 g/mol. The average molecular weight is 510 g/mol. The Labute approximate surface area is 209 Å². The number of esters is 1. The number of nitro groups is 1. The maximum atomic E-state index is 13.6. The molecule has 1 N–H and O–H groups in total. The molecule has 4 rings (SSSR count). The fourth-order valence-corrected chi connectivity index (χ4v) is 5.02. The largest absolute Gasteiger partial charge is 0.504 e. The van der Waals surface area contributed by atoms with Crippen LogP contribution in [0.15, 0.2) is 63.5 Å². The van der Waals surface area contributed by atoms with Gasteiger partial charge in [-0.05, 0) is 32.4 Å². The van der Waals surface area contributed by atoms with Crippen LogP contribution < -0.4 is 19.6 Å². The minimum atomic E-state index is -0.777. The van der Waals surface area contributed by atoms with Crippen molar-refractivity contribution in [3.05, 3.63) is 94.7 Å². The molecule has 1 aliphatic heterocycles. The average Bonchev–Trinajstić information content (AvgIpc) is 3.15. The minimum Gasteiger partial charge on any atom is -0.504 e. The van der Waals surface area contributed by atoms with Crippen LogP contribution in [0.4, 0.5) is 5.69 Å². The summed E-state index contributed by atoms with van der Waals surface area (Å²) in [4.78, 5) is 42.2. The van der Waals surface area contributed by atoms with E-state index in [0.29, 0.717) is 16.1 Å². The topological polar surface area (TPSA) is 133 Å². The minimum absolute atomic E-state index is 0.0514. The molecular formula is C25H23N3O7S. The molecule has 11 heteroatoms. The molecule has 0 spiro atoms. The molecule has 1 aromatic heterocycles. The van der Waals surface area contributed by atoms with Crippen molar-refractivity contribution in [1.82, 2.24) is 4.57 Å². The highest BCUT2D eigenvalue weighted by atomic mass is 32.1. The molecule has 36 heavy (non-hydrogen) atoms. The number of nitrogens with zero attached hydrogens (tertiary/aromatic N) is 3. The highest BCUT2D eigenvalue weighted by molar-refractivity contribution is 7.07. The first-order valence-corrected chi connectivity index (χ1v) is 12.0. The van der Waals surface area contributed by atoms with Gasteiger partial charge in [0.1, 0.15) is 0 Å². The van der Waals surface area contributed by atoms with Crippen molar-refractivity contribution in [3.63, 3.8) is 0 Å². The van der Waals surface area contributed by atoms with Gasteiger partial charge in [0.2, 0.25) is 0 Å². The van der Waals surface area contributed by atoms with Crippen molar-refractivity contribution < 1.29 is 24.3 Å². The summed E-state index contributed by atoms with van der Waals surface area (Å²) in [5.41, 5.74) is 0.657. The number of hydrogen-bond acceptors (Lipinski definition) is 9. The maximum absolute atomic E-state index is 13.6. The first-order chi connectivity index (χ1) is 17.3. The summed E-state index contributed by atoms with van der Waals surface area (Å²) in [5.74, 6) is -0.954. The lowest BCUT2D eigenvalue weighted by Gasteiger charge is -2.24. The van der Waals surface area contributed by atoms with E-state index < -0.39 is 22.5 Å². The Balaban J connectivity index is 1.97. The number of fused-ring (bicyclic) bond motifs is 1. The summed E-state index contributed by atoms with van der Waals surface area (Å²) < 4.78 is 12.2. The van der Waals surface area contributed by atoms with E-state index in [0.717, 1.165) is 17.4 Å². The predicted octanol–water partition coefficient (Wildman–Crippen LogP) is 2.81. The van der Waals surface area contributed by atoms with Crippen molar-refractivity contribution >= 4 is 29.1 Å². The van der Waals surface area contributed by atoms with E-state index in [9.17, 15) is 24.8 Å². The first-order valence-electron chi connectivity index (χ1n) is 11.2. The molecule has 0 saturated carbocycles. The number of phenolic OH excluding ortho intramolecular Hbond substituents is 1. The van der Waals surface area contributed by atoms with E-state index in [4.69, 9.17) is 9.47 Å². The normalized spacial score (nSPS) is 15.3. The van der Waals surface area contributed by atoms with Crippen molar-refractivity contribution in [2.45, 2.75) is 26.8 Å².